The van der Waals surface area contributed by atoms with Gasteiger partial charge in [-0.3, -0.25) is 4.79 Å². The molecule has 0 radical (unpaired) electrons. The van der Waals surface area contributed by atoms with Gasteiger partial charge in [-0.25, -0.2) is 0 Å². The topological polar surface area (TPSA) is 336 Å². The van der Waals surface area contributed by atoms with Gasteiger partial charge in [-0.2, -0.15) is 0 Å². The van der Waals surface area contributed by atoms with Crippen molar-refractivity contribution in [3.8, 4) is 0 Å². The number of rotatable bonds is 10. The van der Waals surface area contributed by atoms with E-state index < -0.39 is 148 Å². The lowest BCUT2D eigenvalue weighted by Crippen LogP contribution is -2.70. The minimum atomic E-state index is -2.00. The number of carbonyl (C=O) groups is 1. The summed E-state index contributed by atoms with van der Waals surface area (Å²) in [4.78, 5) is 12.3. The standard InChI is InChI=1S/C26H45NO20/c1-6-12(32)16(36)18(38)25(41-6)47-22-21(15(35)9(4-29)42-23(22)40)46-24-11(27-7(2)31)20(14(34)10(5-30)43-24)45-26-19(39)17(37)13(33)8(3-28)44-26/h6,8-26,28-30,32-40H,3-5H2,1-2H3,(H,27,31)/t6-,8+,9+,10+,11+,12+,13-,14-,15-,16+,17-,18-,19+,20+,21-,22+,23-,24-,25-,26-/m0/s1. The molecule has 21 nitrogen and oxygen atoms in total. The third kappa shape index (κ3) is 8.04. The summed E-state index contributed by atoms with van der Waals surface area (Å²) in [6.07, 6.45) is -32.5. The van der Waals surface area contributed by atoms with Crippen LogP contribution in [0.1, 0.15) is 13.8 Å². The quantitative estimate of drug-likeness (QED) is 0.101. The van der Waals surface area contributed by atoms with Crippen LogP contribution in [0.2, 0.25) is 0 Å². The van der Waals surface area contributed by atoms with Gasteiger partial charge in [-0.15, -0.1) is 0 Å². The Morgan fingerprint density at radius 3 is 1.57 bits per heavy atom. The lowest BCUT2D eigenvalue weighted by Gasteiger charge is -2.50. The molecule has 274 valence electrons. The van der Waals surface area contributed by atoms with Gasteiger partial charge in [0.2, 0.25) is 5.91 Å². The number of hydrogen-bond acceptors (Lipinski definition) is 20. The molecule has 0 unspecified atom stereocenters. The van der Waals surface area contributed by atoms with Crippen LogP contribution in [0.4, 0.5) is 0 Å². The molecule has 1 amide bonds. The number of amides is 1. The van der Waals surface area contributed by atoms with Crippen molar-refractivity contribution in [1.82, 2.24) is 5.32 Å². The van der Waals surface area contributed by atoms with Crippen LogP contribution >= 0.6 is 0 Å². The van der Waals surface area contributed by atoms with Gasteiger partial charge < -0.3 is 99.8 Å². The molecule has 47 heavy (non-hydrogen) atoms. The van der Waals surface area contributed by atoms with Gasteiger partial charge in [0.05, 0.1) is 25.9 Å². The molecule has 4 heterocycles. The zero-order valence-corrected chi connectivity index (χ0v) is 25.3. The largest absolute Gasteiger partial charge is 0.394 e. The van der Waals surface area contributed by atoms with Gasteiger partial charge in [0.1, 0.15) is 91.5 Å². The summed E-state index contributed by atoms with van der Waals surface area (Å²) >= 11 is 0. The van der Waals surface area contributed by atoms with Crippen molar-refractivity contribution in [3.63, 3.8) is 0 Å². The molecule has 0 bridgehead atoms. The molecular weight excluding hydrogens is 646 g/mol. The maximum Gasteiger partial charge on any atom is 0.217 e. The van der Waals surface area contributed by atoms with Crippen LogP contribution < -0.4 is 5.32 Å². The van der Waals surface area contributed by atoms with Gasteiger partial charge in [-0.1, -0.05) is 0 Å². The van der Waals surface area contributed by atoms with E-state index in [0.29, 0.717) is 0 Å². The minimum absolute atomic E-state index is 0.752. The number of nitrogens with one attached hydrogen (secondary N) is 1. The molecule has 21 heteroatoms. The fourth-order valence-corrected chi connectivity index (χ4v) is 5.86. The second-order valence-corrected chi connectivity index (χ2v) is 11.9. The van der Waals surface area contributed by atoms with E-state index in [1.807, 2.05) is 0 Å². The van der Waals surface area contributed by atoms with Crippen molar-refractivity contribution in [1.29, 1.82) is 0 Å². The minimum Gasteiger partial charge on any atom is -0.394 e. The zero-order valence-electron chi connectivity index (χ0n) is 25.3. The summed E-state index contributed by atoms with van der Waals surface area (Å²) in [7, 11) is 0. The van der Waals surface area contributed by atoms with Crippen molar-refractivity contribution in [2.75, 3.05) is 19.8 Å². The number of carbonyl (C=O) groups excluding carboxylic acids is 1. The van der Waals surface area contributed by atoms with Crippen molar-refractivity contribution in [2.45, 2.75) is 137 Å². The molecule has 0 aromatic rings. The van der Waals surface area contributed by atoms with Crippen molar-refractivity contribution >= 4 is 5.91 Å². The summed E-state index contributed by atoms with van der Waals surface area (Å²) in [5.74, 6) is -0.752. The Labute approximate surface area is 267 Å². The van der Waals surface area contributed by atoms with E-state index in [2.05, 4.69) is 5.32 Å². The van der Waals surface area contributed by atoms with E-state index in [-0.39, 0.29) is 0 Å². The highest BCUT2D eigenvalue weighted by Gasteiger charge is 2.56. The Bertz CT molecular complexity index is 1010. The summed E-state index contributed by atoms with van der Waals surface area (Å²) < 4.78 is 39.1. The maximum atomic E-state index is 12.3. The molecule has 0 aromatic heterocycles. The van der Waals surface area contributed by atoms with E-state index in [1.54, 1.807) is 0 Å². The normalized spacial score (nSPS) is 51.0. The van der Waals surface area contributed by atoms with Crippen LogP contribution in [-0.2, 0) is 38.0 Å². The molecule has 0 aromatic carbocycles. The SMILES string of the molecule is CC(=O)N[C@H]1[C@H](O[C@H]2[C@@H](O)[C@@H](CO)O[C@H](O)[C@@H]2O[C@@H]2O[C@@H](C)[C@@H](O)[C@@H](O)[C@@H]2O)O[C@H](CO)[C@H](O)[C@@H]1O[C@@H]1O[C@H](CO)[C@H](O)[C@H](O)[C@H]1O. The molecule has 13 N–H and O–H groups in total. The van der Waals surface area contributed by atoms with Crippen LogP contribution in [0.15, 0.2) is 0 Å². The molecule has 4 rings (SSSR count). The number of hydrogen-bond donors (Lipinski definition) is 13. The molecule has 0 aliphatic carbocycles. The highest BCUT2D eigenvalue weighted by atomic mass is 16.8. The fraction of sp³-hybridized carbons (Fsp3) is 0.962. The zero-order chi connectivity index (χ0) is 34.9. The average Bonchev–Trinajstić information content (AvgIpc) is 3.04. The number of aliphatic hydroxyl groups excluding tert-OH is 12. The molecule has 4 fully saturated rings. The first-order valence-corrected chi connectivity index (χ1v) is 15.0. The van der Waals surface area contributed by atoms with Crippen LogP contribution in [0.25, 0.3) is 0 Å². The first-order chi connectivity index (χ1) is 22.1. The second kappa shape index (κ2) is 16.2. The summed E-state index contributed by atoms with van der Waals surface area (Å²) in [5.41, 5.74) is 0. The summed E-state index contributed by atoms with van der Waals surface area (Å²) in [5, 5.41) is 126. The smallest absolute Gasteiger partial charge is 0.217 e. The number of ether oxygens (including phenoxy) is 7. The monoisotopic (exact) mass is 691 g/mol. The molecule has 0 spiro atoms. The van der Waals surface area contributed by atoms with E-state index in [1.165, 1.54) is 6.92 Å². The van der Waals surface area contributed by atoms with Crippen molar-refractivity contribution in [2.24, 2.45) is 0 Å². The predicted molar refractivity (Wildman–Crippen MR) is 144 cm³/mol. The Kier molecular flexibility index (Phi) is 13.2. The highest BCUT2D eigenvalue weighted by Crippen LogP contribution is 2.34. The van der Waals surface area contributed by atoms with Crippen LogP contribution in [-0.4, -0.2) is 210 Å². The van der Waals surface area contributed by atoms with Crippen molar-refractivity contribution in [3.05, 3.63) is 0 Å². The Hall–Kier alpha value is -1.29. The van der Waals surface area contributed by atoms with E-state index in [0.717, 1.165) is 6.92 Å². The molecule has 4 aliphatic heterocycles. The van der Waals surface area contributed by atoms with E-state index in [4.69, 9.17) is 33.2 Å². The Morgan fingerprint density at radius 2 is 1.00 bits per heavy atom. The van der Waals surface area contributed by atoms with Gasteiger partial charge in [0, 0.05) is 6.92 Å². The molecule has 4 saturated heterocycles. The maximum absolute atomic E-state index is 12.3. The summed E-state index contributed by atoms with van der Waals surface area (Å²) in [6, 6.07) is -1.59. The van der Waals surface area contributed by atoms with Gasteiger partial charge >= 0.3 is 0 Å². The highest BCUT2D eigenvalue weighted by molar-refractivity contribution is 5.73. The molecular formula is C26H45NO20. The van der Waals surface area contributed by atoms with Crippen molar-refractivity contribution < 1.29 is 99.2 Å². The third-order valence-corrected chi connectivity index (χ3v) is 8.57. The average molecular weight is 692 g/mol. The lowest BCUT2D eigenvalue weighted by atomic mass is 9.94. The van der Waals surface area contributed by atoms with Crippen LogP contribution in [0.3, 0.4) is 0 Å². The van der Waals surface area contributed by atoms with E-state index >= 15 is 0 Å². The Balaban J connectivity index is 1.65. The van der Waals surface area contributed by atoms with Crippen LogP contribution in [0.5, 0.6) is 0 Å². The first kappa shape index (κ1) is 38.5. The van der Waals surface area contributed by atoms with Gasteiger partial charge in [0.25, 0.3) is 0 Å². The van der Waals surface area contributed by atoms with Crippen LogP contribution in [0, 0.1) is 0 Å². The number of aliphatic hydroxyl groups is 12. The fourth-order valence-electron chi connectivity index (χ4n) is 5.86. The van der Waals surface area contributed by atoms with Gasteiger partial charge in [-0.05, 0) is 6.92 Å². The predicted octanol–water partition coefficient (Wildman–Crippen LogP) is -8.58. The Morgan fingerprint density at radius 1 is 0.553 bits per heavy atom. The molecule has 0 saturated carbocycles. The second-order valence-electron chi connectivity index (χ2n) is 11.9. The first-order valence-electron chi connectivity index (χ1n) is 15.0. The lowest BCUT2D eigenvalue weighted by molar-refractivity contribution is -0.386. The third-order valence-electron chi connectivity index (χ3n) is 8.57. The van der Waals surface area contributed by atoms with E-state index in [9.17, 15) is 66.1 Å². The molecule has 20 atom stereocenters. The summed E-state index contributed by atoms with van der Waals surface area (Å²) in [6.45, 7) is -0.126. The van der Waals surface area contributed by atoms with Gasteiger partial charge in [0.15, 0.2) is 25.2 Å². The molecule has 4 aliphatic rings.